The highest BCUT2D eigenvalue weighted by Crippen LogP contribution is 2.60. The van der Waals surface area contributed by atoms with Crippen molar-refractivity contribution in [2.24, 2.45) is 0 Å². The van der Waals surface area contributed by atoms with Gasteiger partial charge in [-0.05, 0) is 191 Å². The molecule has 0 amide bonds. The molecule has 9 aliphatic heterocycles. The zero-order valence-electron chi connectivity index (χ0n) is 75.7. The van der Waals surface area contributed by atoms with Crippen molar-refractivity contribution < 1.29 is 110 Å². The summed E-state index contributed by atoms with van der Waals surface area (Å²) < 4.78 is 98.4. The first kappa shape index (κ1) is 91.4. The van der Waals surface area contributed by atoms with E-state index in [0.29, 0.717) is 170 Å². The van der Waals surface area contributed by atoms with Crippen LogP contribution in [0.15, 0.2) is 239 Å². The van der Waals surface area contributed by atoms with Gasteiger partial charge in [-0.15, -0.1) is 0 Å². The van der Waals surface area contributed by atoms with Gasteiger partial charge in [0.05, 0.1) is 55.2 Å². The molecule has 0 spiro atoms. The van der Waals surface area contributed by atoms with Crippen molar-refractivity contribution in [3.63, 3.8) is 0 Å². The Morgan fingerprint density at radius 2 is 0.671 bits per heavy atom. The van der Waals surface area contributed by atoms with Crippen LogP contribution in [0.3, 0.4) is 0 Å². The van der Waals surface area contributed by atoms with Crippen LogP contribution >= 0.6 is 0 Å². The number of alkyl halides is 3. The van der Waals surface area contributed by atoms with Gasteiger partial charge in [-0.25, -0.2) is 4.39 Å². The van der Waals surface area contributed by atoms with Crippen LogP contribution < -0.4 is 62.4 Å². The number of ketones is 5. The fourth-order valence-electron chi connectivity index (χ4n) is 22.8. The van der Waals surface area contributed by atoms with Crippen LogP contribution in [0.25, 0.3) is 0 Å². The molecule has 15 aliphatic rings. The smallest absolute Gasteiger partial charge is 0.416 e. The molecular weight excluding hydrogens is 1810 g/mol. The summed E-state index contributed by atoms with van der Waals surface area (Å²) in [6.07, 6.45) is 7.44. The fourth-order valence-corrected chi connectivity index (χ4v) is 22.8. The van der Waals surface area contributed by atoms with Crippen LogP contribution in [0.4, 0.5) is 51.7 Å². The average molecular weight is 1900 g/mol. The van der Waals surface area contributed by atoms with E-state index in [0.717, 1.165) is 144 Å². The van der Waals surface area contributed by atoms with Crippen LogP contribution in [0, 0.1) is 27.3 Å². The number of Topliss-reactive ketones (excluding diaryl/α,β-unsaturated/α-hetero) is 5. The number of aliphatic hydroxyl groups excluding tert-OH is 5. The number of pyridine rings is 1. The largest absolute Gasteiger partial charge is 0.454 e. The summed E-state index contributed by atoms with van der Waals surface area (Å²) in [5, 5.41) is 68.8. The summed E-state index contributed by atoms with van der Waals surface area (Å²) in [6.45, 7) is 2.34. The van der Waals surface area contributed by atoms with Crippen LogP contribution in [0.1, 0.15) is 178 Å². The standard InChI is InChI=1S/C23H22N2O4.C22H18F3NO4.C22H18N2O4.C21H18FNO4.C20H18N2O4/c26-10-9-24-19-7-8-21(27)23(19)22(16-5-2-6-17(11-16)25(28)29)18-12-14-3-1-4-15(14)13-20(18)24;23-22(24,25)13-3-1-2-12(8-13)20-14-9-18-19(30-11-29-18)10-16(14)26(6-7-27)15-4-5-17(28)21(15)20;23-11-13-2-1-3-14(8-13)21-15-9-19-20(28-12-27-19)10-17(15)24(6-7-25)16-4-5-18(26)22(16)21;22-13-3-1-2-12(8-13)20-14-9-18-19(27-11-26-18)10-16(14)23(6-7-24)15-4-5-17(25)21(15)20;23-8-7-22-14-1-2-16(24)20(14)19(12-3-5-21-6-4-12)13-9-17-18(10-15(13)22)26-11-25-17/h2,5-6,11-13,22,26H,1,3-4,7-10H2;1-3,8-10,20,27H,4-7,11H2;1-3,8-10,21,25H,4-7,12H2;1-3,8-10,20,24H,4-7,11H2;3-6,9-10,19,23H,1-2,7-8,11H2. The Balaban J connectivity index is 0.000000104. The highest BCUT2D eigenvalue weighted by Gasteiger charge is 2.49. The molecular formula is C108H94F4N8O20. The van der Waals surface area contributed by atoms with Crippen molar-refractivity contribution in [3.05, 3.63) is 332 Å². The Kier molecular flexibility index (Phi) is 24.6. The monoisotopic (exact) mass is 1900 g/mol. The summed E-state index contributed by atoms with van der Waals surface area (Å²) in [6, 6.07) is 51.2. The van der Waals surface area contributed by atoms with Crippen molar-refractivity contribution >= 4 is 63.0 Å². The minimum absolute atomic E-state index is 0.00295. The number of allylic oxidation sites excluding steroid dienone is 10. The number of aromatic nitrogens is 1. The van der Waals surface area contributed by atoms with E-state index in [-0.39, 0.29) is 136 Å². The Morgan fingerprint density at radius 3 is 1.02 bits per heavy atom. The molecule has 0 radical (unpaired) electrons. The first-order valence-electron chi connectivity index (χ1n) is 46.8. The number of nitriles is 1. The summed E-state index contributed by atoms with van der Waals surface area (Å²) in [7, 11) is 0. The van der Waals surface area contributed by atoms with Crippen molar-refractivity contribution in [2.75, 3.05) is 117 Å². The number of non-ortho nitro benzene ring substituents is 1. The predicted octanol–water partition coefficient (Wildman–Crippen LogP) is 16.0. The molecule has 6 aliphatic carbocycles. The Morgan fingerprint density at radius 1 is 0.364 bits per heavy atom. The van der Waals surface area contributed by atoms with E-state index in [9.17, 15) is 82.4 Å². The van der Waals surface area contributed by atoms with E-state index in [1.54, 1.807) is 54.9 Å². The molecule has 0 fully saturated rings. The molecule has 9 aromatic carbocycles. The van der Waals surface area contributed by atoms with E-state index in [1.165, 1.54) is 35.4 Å². The van der Waals surface area contributed by atoms with Gasteiger partial charge in [-0.2, -0.15) is 18.4 Å². The van der Waals surface area contributed by atoms with Crippen LogP contribution in [-0.2, 0) is 43.0 Å². The first-order valence-corrected chi connectivity index (χ1v) is 46.8. The van der Waals surface area contributed by atoms with Gasteiger partial charge in [0.15, 0.2) is 74.9 Å². The molecule has 1 aromatic heterocycles. The summed E-state index contributed by atoms with van der Waals surface area (Å²) in [5.41, 5.74) is 23.4. The van der Waals surface area contributed by atoms with E-state index < -0.39 is 17.7 Å². The number of nitro groups is 1. The molecule has 28 nitrogen and oxygen atoms in total. The number of ether oxygens (including phenoxy) is 8. The van der Waals surface area contributed by atoms with Crippen molar-refractivity contribution in [1.82, 2.24) is 4.98 Å². The molecule has 714 valence electrons. The number of β-amino-alcohol motifs (C(OH)–C–C–N with tert-alkyl or cyclic N) is 5. The average Bonchev–Trinajstić information content (AvgIpc) is 1.52. The Bertz CT molecular complexity index is 7040. The lowest BCUT2D eigenvalue weighted by atomic mass is 9.79. The lowest BCUT2D eigenvalue weighted by Gasteiger charge is -2.37. The number of nitro benzene ring substituents is 1. The van der Waals surface area contributed by atoms with Gasteiger partial charge in [-0.3, -0.25) is 39.1 Å². The van der Waals surface area contributed by atoms with Gasteiger partial charge >= 0.3 is 6.18 Å². The molecule has 32 heteroatoms. The second-order valence-corrected chi connectivity index (χ2v) is 36.1. The number of carbonyl (C=O) groups excluding carboxylic acids is 5. The lowest BCUT2D eigenvalue weighted by molar-refractivity contribution is -0.384. The molecule has 10 heterocycles. The van der Waals surface area contributed by atoms with Gasteiger partial charge in [0.2, 0.25) is 27.2 Å². The minimum Gasteiger partial charge on any atom is -0.454 e. The van der Waals surface area contributed by atoms with Gasteiger partial charge in [0, 0.05) is 228 Å². The third kappa shape index (κ3) is 16.3. The molecule has 10 aromatic rings. The van der Waals surface area contributed by atoms with Crippen molar-refractivity contribution in [2.45, 2.75) is 119 Å². The summed E-state index contributed by atoms with van der Waals surface area (Å²) in [4.78, 5) is 89.3. The van der Waals surface area contributed by atoms with E-state index in [2.05, 4.69) is 33.0 Å². The van der Waals surface area contributed by atoms with Gasteiger partial charge in [0.1, 0.15) is 5.82 Å². The zero-order valence-corrected chi connectivity index (χ0v) is 75.7. The Labute approximate surface area is 800 Å². The maximum Gasteiger partial charge on any atom is 0.416 e. The number of fused-ring (bicyclic) bond motifs is 10. The van der Waals surface area contributed by atoms with Crippen molar-refractivity contribution in [3.8, 4) is 52.1 Å². The number of anilines is 5. The Hall–Kier alpha value is -15.0. The molecule has 0 bridgehead atoms. The van der Waals surface area contributed by atoms with Crippen LogP contribution in [-0.4, -0.2) is 157 Å². The minimum atomic E-state index is -4.48. The molecule has 25 rings (SSSR count). The second-order valence-electron chi connectivity index (χ2n) is 36.1. The maximum atomic E-state index is 14.0. The predicted molar refractivity (Wildman–Crippen MR) is 503 cm³/mol. The number of halogens is 4. The highest BCUT2D eigenvalue weighted by molar-refractivity contribution is 6.07. The van der Waals surface area contributed by atoms with E-state index in [1.807, 2.05) is 93.6 Å². The molecule has 140 heavy (non-hydrogen) atoms. The lowest BCUT2D eigenvalue weighted by Crippen LogP contribution is -2.32. The van der Waals surface area contributed by atoms with E-state index in [4.69, 9.17) is 37.9 Å². The number of carbonyl (C=O) groups is 5. The number of nitrogens with zero attached hydrogens (tertiary/aromatic N) is 8. The fraction of sp³-hybridized carbons (Fsp3) is 0.306. The number of hydrogen-bond acceptors (Lipinski definition) is 27. The third-order valence-electron chi connectivity index (χ3n) is 28.6. The summed E-state index contributed by atoms with van der Waals surface area (Å²) in [5.74, 6) is 3.34. The maximum absolute atomic E-state index is 14.0. The molecule has 0 saturated carbocycles. The molecule has 5 atom stereocenters. The number of aliphatic hydroxyl groups is 5. The summed E-state index contributed by atoms with van der Waals surface area (Å²) >= 11 is 0. The van der Waals surface area contributed by atoms with Crippen LogP contribution in [0.2, 0.25) is 0 Å². The van der Waals surface area contributed by atoms with Crippen molar-refractivity contribution in [1.29, 1.82) is 5.26 Å². The number of aryl methyl sites for hydroxylation is 2. The number of benzene rings is 9. The molecule has 0 saturated heterocycles. The van der Waals surface area contributed by atoms with E-state index >= 15 is 0 Å². The first-order chi connectivity index (χ1) is 68.1. The number of rotatable bonds is 16. The normalized spacial score (nSPS) is 20.0. The zero-order chi connectivity index (χ0) is 96.6. The van der Waals surface area contributed by atoms with Gasteiger partial charge < -0.3 is 87.9 Å². The molecule has 5 unspecified atom stereocenters. The number of hydrogen-bond donors (Lipinski definition) is 5. The van der Waals surface area contributed by atoms with Gasteiger partial charge in [0.25, 0.3) is 5.69 Å². The highest BCUT2D eigenvalue weighted by atomic mass is 19.4. The van der Waals surface area contributed by atoms with Crippen LogP contribution in [0.5, 0.6) is 46.0 Å². The quantitative estimate of drug-likeness (QED) is 0.0341. The topological polar surface area (TPSA) is 356 Å². The SMILES string of the molecule is N#Cc1cccc(C2C3=C(CCC3=O)N(CCO)c3cc4c(cc32)OCO4)c1.O=C1CCC2=C1C(c1cccc(C(F)(F)F)c1)c1cc3c(cc1N2CCO)OCO3.O=C1CCC2=C1C(c1cccc(F)c1)c1cc3c(cc1N2CCO)OCO3.O=C1CCC2=C1C(c1cccc([N+](=O)[O-])c1)c1cc3c(cc1N2CCO)CCC3.O=C1CCC2=C1C(c1ccncc1)c1cc3c(cc1N2CCO)OCO3. The molecule has 5 N–H and O–H groups in total. The second kappa shape index (κ2) is 37.7. The van der Waals surface area contributed by atoms with Gasteiger partial charge in [-0.1, -0.05) is 60.7 Å². The third-order valence-corrected chi connectivity index (χ3v) is 28.6.